The topological polar surface area (TPSA) is 106 Å². The van der Waals surface area contributed by atoms with Gasteiger partial charge in [-0.25, -0.2) is 0 Å². The van der Waals surface area contributed by atoms with E-state index in [9.17, 15) is 19.7 Å². The summed E-state index contributed by atoms with van der Waals surface area (Å²) in [6.45, 7) is 0. The summed E-state index contributed by atoms with van der Waals surface area (Å²) in [6.07, 6.45) is 6.47. The fourth-order valence-corrected chi connectivity index (χ4v) is 4.68. The summed E-state index contributed by atoms with van der Waals surface area (Å²) in [5, 5.41) is 15.5. The first-order valence-corrected chi connectivity index (χ1v) is 7.90. The maximum absolute atomic E-state index is 12.7. The van der Waals surface area contributed by atoms with Crippen molar-refractivity contribution in [1.82, 2.24) is 5.01 Å². The van der Waals surface area contributed by atoms with Gasteiger partial charge in [-0.3, -0.25) is 19.7 Å². The highest BCUT2D eigenvalue weighted by Gasteiger charge is 2.67. The Morgan fingerprint density at radius 2 is 1.79 bits per heavy atom. The zero-order valence-corrected chi connectivity index (χ0v) is 12.4. The molecule has 4 aliphatic carbocycles. The third-order valence-corrected chi connectivity index (χ3v) is 5.73. The van der Waals surface area contributed by atoms with Crippen LogP contribution in [0.5, 0.6) is 0 Å². The number of furan rings is 1. The Hall–Kier alpha value is -2.77. The van der Waals surface area contributed by atoms with Crippen LogP contribution in [0.2, 0.25) is 0 Å². The van der Waals surface area contributed by atoms with E-state index in [1.54, 1.807) is 0 Å². The number of hydrazone groups is 1. The van der Waals surface area contributed by atoms with Crippen LogP contribution in [0.3, 0.4) is 0 Å². The van der Waals surface area contributed by atoms with Crippen molar-refractivity contribution in [2.45, 2.75) is 6.42 Å². The third kappa shape index (κ3) is 1.65. The number of hydrogen-bond donors (Lipinski definition) is 0. The monoisotopic (exact) mass is 327 g/mol. The molecule has 1 aromatic rings. The predicted molar refractivity (Wildman–Crippen MR) is 79.5 cm³/mol. The molecule has 0 N–H and O–H groups in total. The fourth-order valence-electron chi connectivity index (χ4n) is 4.68. The zero-order valence-electron chi connectivity index (χ0n) is 12.4. The predicted octanol–water partition coefficient (Wildman–Crippen LogP) is 1.57. The molecule has 5 aliphatic rings. The number of rotatable bonds is 3. The molecule has 8 heteroatoms. The summed E-state index contributed by atoms with van der Waals surface area (Å²) >= 11 is 0. The number of carbonyl (C=O) groups is 2. The first-order valence-electron chi connectivity index (χ1n) is 7.90. The molecule has 0 aromatic carbocycles. The van der Waals surface area contributed by atoms with E-state index in [0.717, 1.165) is 11.4 Å². The van der Waals surface area contributed by atoms with Crippen LogP contribution in [0.4, 0.5) is 5.88 Å². The second-order valence-electron chi connectivity index (χ2n) is 6.82. The van der Waals surface area contributed by atoms with E-state index in [0.29, 0.717) is 11.8 Å². The van der Waals surface area contributed by atoms with Crippen molar-refractivity contribution in [1.29, 1.82) is 0 Å². The van der Waals surface area contributed by atoms with Crippen LogP contribution in [-0.4, -0.2) is 28.0 Å². The summed E-state index contributed by atoms with van der Waals surface area (Å²) in [4.78, 5) is 35.3. The maximum atomic E-state index is 12.7. The minimum atomic E-state index is -0.659. The van der Waals surface area contributed by atoms with E-state index in [4.69, 9.17) is 4.42 Å². The molecule has 1 saturated heterocycles. The molecular formula is C16H13N3O5. The third-order valence-electron chi connectivity index (χ3n) is 5.73. The number of imide groups is 1. The van der Waals surface area contributed by atoms with Gasteiger partial charge in [0.05, 0.1) is 24.1 Å². The van der Waals surface area contributed by atoms with Crippen molar-refractivity contribution in [3.05, 3.63) is 40.2 Å². The largest absolute Gasteiger partial charge is 0.433 e. The Morgan fingerprint density at radius 1 is 1.17 bits per heavy atom. The summed E-state index contributed by atoms with van der Waals surface area (Å²) in [5.41, 5.74) is 0. The summed E-state index contributed by atoms with van der Waals surface area (Å²) in [6, 6.07) is 2.58. The van der Waals surface area contributed by atoms with Gasteiger partial charge in [0, 0.05) is 0 Å². The zero-order chi connectivity index (χ0) is 16.6. The van der Waals surface area contributed by atoms with Crippen LogP contribution >= 0.6 is 0 Å². The number of nitrogens with zero attached hydrogens (tertiary/aromatic N) is 3. The van der Waals surface area contributed by atoms with Crippen molar-refractivity contribution in [2.75, 3.05) is 0 Å². The number of carbonyl (C=O) groups excluding carboxylic acids is 2. The second-order valence-corrected chi connectivity index (χ2v) is 6.82. The molecule has 0 spiro atoms. The normalized spacial score (nSPS) is 38.8. The first-order chi connectivity index (χ1) is 11.6. The maximum Gasteiger partial charge on any atom is 0.433 e. The number of hydrogen-bond acceptors (Lipinski definition) is 6. The van der Waals surface area contributed by atoms with Gasteiger partial charge in [0.2, 0.25) is 0 Å². The quantitative estimate of drug-likeness (QED) is 0.275. The molecule has 6 atom stereocenters. The molecular weight excluding hydrogens is 314 g/mol. The van der Waals surface area contributed by atoms with E-state index in [1.807, 2.05) is 0 Å². The molecule has 6 rings (SSSR count). The first kappa shape index (κ1) is 13.6. The van der Waals surface area contributed by atoms with Crippen LogP contribution < -0.4 is 0 Å². The molecule has 1 aliphatic heterocycles. The molecule has 2 heterocycles. The number of nitro groups is 1. The lowest BCUT2D eigenvalue weighted by Gasteiger charge is -2.37. The lowest BCUT2D eigenvalue weighted by atomic mass is 9.63. The van der Waals surface area contributed by atoms with E-state index >= 15 is 0 Å². The molecule has 24 heavy (non-hydrogen) atoms. The Morgan fingerprint density at radius 3 is 2.33 bits per heavy atom. The minimum absolute atomic E-state index is 0.126. The number of allylic oxidation sites excluding steroid dienone is 2. The highest BCUT2D eigenvalue weighted by Crippen LogP contribution is 2.65. The average Bonchev–Trinajstić information content (AvgIpc) is 3.20. The average molecular weight is 327 g/mol. The Kier molecular flexibility index (Phi) is 2.50. The molecule has 2 amide bonds. The van der Waals surface area contributed by atoms with Gasteiger partial charge in [-0.05, 0) is 36.2 Å². The van der Waals surface area contributed by atoms with Crippen molar-refractivity contribution < 1.29 is 18.9 Å². The van der Waals surface area contributed by atoms with Crippen molar-refractivity contribution in [2.24, 2.45) is 40.6 Å². The molecule has 0 radical (unpaired) electrons. The molecule has 2 saturated carbocycles. The van der Waals surface area contributed by atoms with E-state index in [2.05, 4.69) is 17.3 Å². The van der Waals surface area contributed by atoms with Crippen LogP contribution in [0.1, 0.15) is 12.2 Å². The highest BCUT2D eigenvalue weighted by atomic mass is 16.6. The molecule has 3 fully saturated rings. The van der Waals surface area contributed by atoms with Crippen LogP contribution in [0.25, 0.3) is 0 Å². The lowest BCUT2D eigenvalue weighted by Crippen LogP contribution is -2.40. The molecule has 0 unspecified atom stereocenters. The Labute approximate surface area is 135 Å². The van der Waals surface area contributed by atoms with Crippen LogP contribution in [0, 0.1) is 45.6 Å². The molecule has 8 nitrogen and oxygen atoms in total. The van der Waals surface area contributed by atoms with E-state index in [1.165, 1.54) is 18.3 Å². The summed E-state index contributed by atoms with van der Waals surface area (Å²) < 4.78 is 4.96. The lowest BCUT2D eigenvalue weighted by molar-refractivity contribution is -0.402. The van der Waals surface area contributed by atoms with Gasteiger partial charge in [-0.15, -0.1) is 0 Å². The summed E-state index contributed by atoms with van der Waals surface area (Å²) in [5.74, 6) is -0.0765. The van der Waals surface area contributed by atoms with Gasteiger partial charge in [0.1, 0.15) is 4.92 Å². The van der Waals surface area contributed by atoms with Gasteiger partial charge in [-0.1, -0.05) is 12.2 Å². The fraction of sp³-hybridized carbons (Fsp3) is 0.438. The Bertz CT molecular complexity index is 805. The van der Waals surface area contributed by atoms with Crippen molar-refractivity contribution >= 4 is 23.9 Å². The molecule has 2 bridgehead atoms. The van der Waals surface area contributed by atoms with E-state index in [-0.39, 0.29) is 41.2 Å². The highest BCUT2D eigenvalue weighted by molar-refractivity contribution is 6.06. The SMILES string of the molecule is O=C1[C@@H]2[C@@H]3C=C[C@H]([C@@H]4C[C@H]34)[C@H]2C(=O)N1/N=C\c1ccc([N+](=O)[O-])o1. The van der Waals surface area contributed by atoms with Crippen molar-refractivity contribution in [3.63, 3.8) is 0 Å². The smallest absolute Gasteiger partial charge is 0.400 e. The van der Waals surface area contributed by atoms with Crippen molar-refractivity contribution in [3.8, 4) is 0 Å². The Balaban J connectivity index is 1.42. The van der Waals surface area contributed by atoms with E-state index < -0.39 is 10.8 Å². The number of amides is 2. The molecule has 1 aromatic heterocycles. The second kappa shape index (κ2) is 4.40. The molecule has 122 valence electrons. The standard InChI is InChI=1S/C16H13N3O5/c20-15-13-8-2-3-9(11-5-10(8)11)14(13)16(21)18(15)17-6-7-1-4-12(24-7)19(22)23/h1-4,6,8-11,13-14H,5H2/b17-6-/t8-,9-,10-,11+,13-,14-/m1/s1. The van der Waals surface area contributed by atoms with Gasteiger partial charge < -0.3 is 4.42 Å². The van der Waals surface area contributed by atoms with Gasteiger partial charge in [0.15, 0.2) is 5.76 Å². The van der Waals surface area contributed by atoms with Gasteiger partial charge in [-0.2, -0.15) is 10.1 Å². The van der Waals surface area contributed by atoms with Crippen LogP contribution in [0.15, 0.2) is 33.8 Å². The van der Waals surface area contributed by atoms with Gasteiger partial charge >= 0.3 is 5.88 Å². The minimum Gasteiger partial charge on any atom is -0.400 e. The summed E-state index contributed by atoms with van der Waals surface area (Å²) in [7, 11) is 0. The van der Waals surface area contributed by atoms with Gasteiger partial charge in [0.25, 0.3) is 11.8 Å². The van der Waals surface area contributed by atoms with Crippen LogP contribution in [-0.2, 0) is 9.59 Å².